The summed E-state index contributed by atoms with van der Waals surface area (Å²) in [6.45, 7) is 1.90. The second kappa shape index (κ2) is 5.65. The molecule has 1 aliphatic heterocycles. The van der Waals surface area contributed by atoms with Gasteiger partial charge in [0.25, 0.3) is 0 Å². The lowest BCUT2D eigenvalue weighted by molar-refractivity contribution is 0.0900. The molecule has 0 radical (unpaired) electrons. The second-order valence-electron chi connectivity index (χ2n) is 3.57. The number of rotatable bonds is 1. The van der Waals surface area contributed by atoms with Crippen LogP contribution in [0.25, 0.3) is 0 Å². The first-order chi connectivity index (χ1) is 6.70. The van der Waals surface area contributed by atoms with Gasteiger partial charge < -0.3 is 15.0 Å². The molecule has 1 aliphatic rings. The third-order valence-electron chi connectivity index (χ3n) is 2.06. The highest BCUT2D eigenvalue weighted by Gasteiger charge is 2.13. The minimum Gasteiger partial charge on any atom is -0.442 e. The monoisotopic (exact) mass is 198 g/mol. The molecule has 1 heterocycles. The van der Waals surface area contributed by atoms with Gasteiger partial charge in [-0.3, -0.25) is 0 Å². The number of nitrogens with zero attached hydrogens (tertiary/aromatic N) is 1. The van der Waals surface area contributed by atoms with E-state index in [0.29, 0.717) is 0 Å². The van der Waals surface area contributed by atoms with Gasteiger partial charge in [-0.25, -0.2) is 4.79 Å². The summed E-state index contributed by atoms with van der Waals surface area (Å²) in [5.41, 5.74) is 0. The van der Waals surface area contributed by atoms with Gasteiger partial charge in [0.15, 0.2) is 0 Å². The summed E-state index contributed by atoms with van der Waals surface area (Å²) < 4.78 is 5.25. The molecule has 0 aromatic heterocycles. The third-order valence-corrected chi connectivity index (χ3v) is 2.06. The molecule has 0 bridgehead atoms. The molecule has 0 spiro atoms. The molecule has 0 aromatic rings. The molecule has 0 unspecified atom stereocenters. The average molecular weight is 198 g/mol. The number of amides is 1. The van der Waals surface area contributed by atoms with Crippen LogP contribution < -0.4 is 5.32 Å². The van der Waals surface area contributed by atoms with Crippen molar-refractivity contribution >= 4 is 6.09 Å². The van der Waals surface area contributed by atoms with Crippen molar-refractivity contribution in [1.82, 2.24) is 10.2 Å². The van der Waals surface area contributed by atoms with E-state index in [0.717, 1.165) is 25.9 Å². The lowest BCUT2D eigenvalue weighted by atomic mass is 10.2. The van der Waals surface area contributed by atoms with E-state index in [9.17, 15) is 4.79 Å². The highest BCUT2D eigenvalue weighted by atomic mass is 16.6. The number of hydrogen-bond acceptors (Lipinski definition) is 3. The largest absolute Gasteiger partial charge is 0.442 e. The van der Waals surface area contributed by atoms with Crippen LogP contribution in [0.2, 0.25) is 0 Å². The number of carbonyl (C=O) groups is 1. The van der Waals surface area contributed by atoms with Crippen molar-refractivity contribution in [2.75, 3.05) is 27.2 Å². The maximum absolute atomic E-state index is 11.3. The predicted octanol–water partition coefficient (Wildman–Crippen LogP) is 0.993. The van der Waals surface area contributed by atoms with Crippen molar-refractivity contribution in [2.24, 2.45) is 0 Å². The highest BCUT2D eigenvalue weighted by molar-refractivity contribution is 5.67. The maximum Gasteiger partial charge on any atom is 0.409 e. The molecule has 4 heteroatoms. The summed E-state index contributed by atoms with van der Waals surface area (Å²) in [6.07, 6.45) is 5.51. The zero-order valence-electron chi connectivity index (χ0n) is 8.82. The van der Waals surface area contributed by atoms with Gasteiger partial charge in [-0.05, 0) is 25.6 Å². The van der Waals surface area contributed by atoms with Crippen LogP contribution in [0.4, 0.5) is 4.79 Å². The van der Waals surface area contributed by atoms with Gasteiger partial charge in [-0.1, -0.05) is 6.08 Å². The summed E-state index contributed by atoms with van der Waals surface area (Å²) in [7, 11) is 3.38. The zero-order valence-corrected chi connectivity index (χ0v) is 8.82. The van der Waals surface area contributed by atoms with Crippen LogP contribution in [0.3, 0.4) is 0 Å². The summed E-state index contributed by atoms with van der Waals surface area (Å²) in [6, 6.07) is 0. The molecular weight excluding hydrogens is 180 g/mol. The van der Waals surface area contributed by atoms with Crippen LogP contribution >= 0.6 is 0 Å². The summed E-state index contributed by atoms with van der Waals surface area (Å²) in [5, 5.41) is 3.26. The normalized spacial score (nSPS) is 24.6. The van der Waals surface area contributed by atoms with E-state index in [1.54, 1.807) is 14.1 Å². The summed E-state index contributed by atoms with van der Waals surface area (Å²) >= 11 is 0. The number of hydrogen-bond donors (Lipinski definition) is 1. The lowest BCUT2D eigenvalue weighted by Gasteiger charge is -2.19. The van der Waals surface area contributed by atoms with Crippen LogP contribution in [0.15, 0.2) is 12.2 Å². The van der Waals surface area contributed by atoms with E-state index in [2.05, 4.69) is 11.4 Å². The van der Waals surface area contributed by atoms with E-state index in [1.807, 2.05) is 6.08 Å². The second-order valence-corrected chi connectivity index (χ2v) is 3.57. The molecule has 1 amide bonds. The van der Waals surface area contributed by atoms with Crippen molar-refractivity contribution in [3.63, 3.8) is 0 Å². The Morgan fingerprint density at radius 3 is 3.00 bits per heavy atom. The zero-order chi connectivity index (χ0) is 10.4. The summed E-state index contributed by atoms with van der Waals surface area (Å²) in [4.78, 5) is 12.7. The van der Waals surface area contributed by atoms with Crippen molar-refractivity contribution in [3.05, 3.63) is 12.2 Å². The Bertz CT molecular complexity index is 214. The Labute approximate surface area is 84.9 Å². The average Bonchev–Trinajstić information content (AvgIpc) is 2.08. The molecule has 0 fully saturated rings. The highest BCUT2D eigenvalue weighted by Crippen LogP contribution is 2.05. The van der Waals surface area contributed by atoms with Gasteiger partial charge in [-0.2, -0.15) is 0 Å². The van der Waals surface area contributed by atoms with E-state index in [4.69, 9.17) is 4.74 Å². The van der Waals surface area contributed by atoms with Crippen LogP contribution in [0.1, 0.15) is 12.8 Å². The van der Waals surface area contributed by atoms with Crippen molar-refractivity contribution < 1.29 is 9.53 Å². The fourth-order valence-corrected chi connectivity index (χ4v) is 1.23. The Hall–Kier alpha value is -1.03. The minimum atomic E-state index is -0.278. The first kappa shape index (κ1) is 11.0. The molecule has 1 N–H and O–H groups in total. The van der Waals surface area contributed by atoms with Gasteiger partial charge in [0.2, 0.25) is 0 Å². The quantitative estimate of drug-likeness (QED) is 0.639. The van der Waals surface area contributed by atoms with Crippen LogP contribution in [-0.4, -0.2) is 44.3 Å². The fraction of sp³-hybridized carbons (Fsp3) is 0.700. The molecule has 1 atom stereocenters. The van der Waals surface area contributed by atoms with E-state index in [-0.39, 0.29) is 12.2 Å². The van der Waals surface area contributed by atoms with E-state index >= 15 is 0 Å². The molecular formula is C10H18N2O2. The van der Waals surface area contributed by atoms with E-state index < -0.39 is 0 Å². The van der Waals surface area contributed by atoms with Crippen molar-refractivity contribution in [3.8, 4) is 0 Å². The van der Waals surface area contributed by atoms with Crippen LogP contribution in [0.5, 0.6) is 0 Å². The molecule has 0 saturated carbocycles. The Kier molecular flexibility index (Phi) is 4.46. The van der Waals surface area contributed by atoms with Crippen molar-refractivity contribution in [1.29, 1.82) is 0 Å². The molecule has 14 heavy (non-hydrogen) atoms. The Morgan fingerprint density at radius 1 is 1.50 bits per heavy atom. The smallest absolute Gasteiger partial charge is 0.409 e. The number of ether oxygens (including phenoxy) is 1. The van der Waals surface area contributed by atoms with Gasteiger partial charge >= 0.3 is 6.09 Å². The molecule has 80 valence electrons. The van der Waals surface area contributed by atoms with E-state index in [1.165, 1.54) is 4.90 Å². The van der Waals surface area contributed by atoms with Crippen LogP contribution in [-0.2, 0) is 4.74 Å². The van der Waals surface area contributed by atoms with Gasteiger partial charge in [0, 0.05) is 20.5 Å². The van der Waals surface area contributed by atoms with Gasteiger partial charge in [0.1, 0.15) is 6.10 Å². The maximum atomic E-state index is 11.3. The lowest BCUT2D eigenvalue weighted by Crippen LogP contribution is -2.30. The number of nitrogens with one attached hydrogen (secondary N) is 1. The standard InChI is InChI=1S/C10H18N2O2/c1-12(2)10(13)14-9-5-3-4-7-11-8-6-9/h3,5,9,11H,4,6-8H2,1-2H3/b5-3-/t9-/m1/s1. The Morgan fingerprint density at radius 2 is 2.29 bits per heavy atom. The Balaban J connectivity index is 2.41. The first-order valence-electron chi connectivity index (χ1n) is 4.95. The molecule has 0 aliphatic carbocycles. The SMILES string of the molecule is CN(C)C(=O)O[C@@H]1/C=C\CCNCC1. The molecule has 0 aromatic carbocycles. The summed E-state index contributed by atoms with van der Waals surface area (Å²) in [5.74, 6) is 0. The predicted molar refractivity (Wildman–Crippen MR) is 55.2 cm³/mol. The van der Waals surface area contributed by atoms with Crippen molar-refractivity contribution in [2.45, 2.75) is 18.9 Å². The number of carbonyl (C=O) groups excluding carboxylic acids is 1. The molecule has 4 nitrogen and oxygen atoms in total. The first-order valence-corrected chi connectivity index (χ1v) is 4.95. The van der Waals surface area contributed by atoms with Gasteiger partial charge in [0.05, 0.1) is 0 Å². The third kappa shape index (κ3) is 3.79. The topological polar surface area (TPSA) is 41.6 Å². The minimum absolute atomic E-state index is 0.0855. The fourth-order valence-electron chi connectivity index (χ4n) is 1.23. The van der Waals surface area contributed by atoms with Gasteiger partial charge in [-0.15, -0.1) is 0 Å². The van der Waals surface area contributed by atoms with Crippen LogP contribution in [0, 0.1) is 0 Å². The molecule has 0 saturated heterocycles. The molecule has 1 rings (SSSR count).